The molecule has 1 N–H and O–H groups in total. The number of rotatable bonds is 6. The number of para-hydroxylation sites is 1. The van der Waals surface area contributed by atoms with Gasteiger partial charge in [0.25, 0.3) is 5.91 Å². The molecule has 0 aliphatic heterocycles. The van der Waals surface area contributed by atoms with Crippen LogP contribution in [-0.2, 0) is 0 Å². The summed E-state index contributed by atoms with van der Waals surface area (Å²) in [6.07, 6.45) is 2.89. The minimum absolute atomic E-state index is 0.220. The van der Waals surface area contributed by atoms with Gasteiger partial charge in [0, 0.05) is 11.9 Å². The molecule has 0 aliphatic carbocycles. The molecule has 124 valence electrons. The average molecular weight is 342 g/mol. The van der Waals surface area contributed by atoms with Gasteiger partial charge in [-0.2, -0.15) is 0 Å². The third kappa shape index (κ3) is 3.35. The zero-order valence-electron chi connectivity index (χ0n) is 13.5. The van der Waals surface area contributed by atoms with Gasteiger partial charge in [0.15, 0.2) is 10.8 Å². The van der Waals surface area contributed by atoms with Crippen LogP contribution in [0.4, 0.5) is 5.69 Å². The minimum Gasteiger partial charge on any atom is -0.496 e. The van der Waals surface area contributed by atoms with Gasteiger partial charge in [0.2, 0.25) is 0 Å². The summed E-state index contributed by atoms with van der Waals surface area (Å²) >= 11 is 1.64. The fraction of sp³-hybridized carbons (Fsp3) is 0.235. The molecule has 0 unspecified atom stereocenters. The Morgan fingerprint density at radius 2 is 2.08 bits per heavy atom. The number of pyridine rings is 1. The highest BCUT2D eigenvalue weighted by molar-refractivity contribution is 7.99. The first-order chi connectivity index (χ1) is 11.7. The number of hydrogen-bond acceptors (Lipinski definition) is 5. The zero-order valence-corrected chi connectivity index (χ0v) is 14.3. The van der Waals surface area contributed by atoms with E-state index in [-0.39, 0.29) is 5.91 Å². The van der Waals surface area contributed by atoms with Crippen molar-refractivity contribution in [2.75, 3.05) is 18.2 Å². The monoisotopic (exact) mass is 342 g/mol. The number of hydrogen-bond donors (Lipinski definition) is 1. The first-order valence-electron chi connectivity index (χ1n) is 7.65. The normalized spacial score (nSPS) is 10.8. The van der Waals surface area contributed by atoms with E-state index >= 15 is 0 Å². The van der Waals surface area contributed by atoms with Crippen molar-refractivity contribution in [3.63, 3.8) is 0 Å². The van der Waals surface area contributed by atoms with Crippen molar-refractivity contribution < 1.29 is 9.53 Å². The fourth-order valence-electron chi connectivity index (χ4n) is 2.27. The molecule has 0 aliphatic rings. The number of amides is 1. The molecule has 2 heterocycles. The molecule has 2 aromatic heterocycles. The average Bonchev–Trinajstić information content (AvgIpc) is 3.02. The summed E-state index contributed by atoms with van der Waals surface area (Å²) in [5.74, 6) is 1.29. The van der Waals surface area contributed by atoms with E-state index < -0.39 is 0 Å². The molecule has 0 radical (unpaired) electrons. The molecule has 24 heavy (non-hydrogen) atoms. The maximum absolute atomic E-state index is 12.5. The highest BCUT2D eigenvalue weighted by Crippen LogP contribution is 2.22. The van der Waals surface area contributed by atoms with E-state index in [1.807, 2.05) is 28.8 Å². The summed E-state index contributed by atoms with van der Waals surface area (Å²) in [6, 6.07) is 10.8. The number of anilines is 1. The van der Waals surface area contributed by atoms with Gasteiger partial charge >= 0.3 is 0 Å². The molecule has 0 saturated carbocycles. The molecule has 3 rings (SSSR count). The molecule has 1 amide bonds. The van der Waals surface area contributed by atoms with Crippen molar-refractivity contribution in [3.8, 4) is 5.75 Å². The Hall–Kier alpha value is -2.54. The molecule has 0 fully saturated rings. The number of benzene rings is 1. The van der Waals surface area contributed by atoms with E-state index in [1.165, 1.54) is 0 Å². The van der Waals surface area contributed by atoms with Crippen molar-refractivity contribution in [1.29, 1.82) is 0 Å². The summed E-state index contributed by atoms with van der Waals surface area (Å²) < 4.78 is 7.12. The second-order valence-corrected chi connectivity index (χ2v) is 6.19. The maximum atomic E-state index is 12.5. The minimum atomic E-state index is -0.220. The lowest BCUT2D eigenvalue weighted by Crippen LogP contribution is -2.13. The van der Waals surface area contributed by atoms with Gasteiger partial charge in [-0.05, 0) is 30.7 Å². The van der Waals surface area contributed by atoms with Crippen LogP contribution in [0.3, 0.4) is 0 Å². The molecule has 0 saturated heterocycles. The van der Waals surface area contributed by atoms with Crippen LogP contribution in [0.5, 0.6) is 5.75 Å². The lowest BCUT2D eigenvalue weighted by molar-refractivity contribution is 0.102. The number of ether oxygens (including phenoxy) is 1. The number of nitrogens with one attached hydrogen (secondary N) is 1. The van der Waals surface area contributed by atoms with Gasteiger partial charge < -0.3 is 10.1 Å². The first-order valence-corrected chi connectivity index (χ1v) is 8.63. The summed E-state index contributed by atoms with van der Waals surface area (Å²) in [5.41, 5.74) is 1.92. The van der Waals surface area contributed by atoms with E-state index in [0.717, 1.165) is 23.0 Å². The lowest BCUT2D eigenvalue weighted by atomic mass is 10.2. The van der Waals surface area contributed by atoms with Crippen LogP contribution < -0.4 is 10.1 Å². The van der Waals surface area contributed by atoms with Crippen LogP contribution in [0.15, 0.2) is 47.8 Å². The van der Waals surface area contributed by atoms with Crippen molar-refractivity contribution in [3.05, 3.63) is 48.2 Å². The van der Waals surface area contributed by atoms with Crippen LogP contribution in [-0.4, -0.2) is 33.4 Å². The van der Waals surface area contributed by atoms with Crippen molar-refractivity contribution in [2.45, 2.75) is 18.5 Å². The maximum Gasteiger partial charge on any atom is 0.259 e. The van der Waals surface area contributed by atoms with Crippen LogP contribution in [0.25, 0.3) is 5.65 Å². The molecule has 0 bridgehead atoms. The van der Waals surface area contributed by atoms with Crippen LogP contribution in [0, 0.1) is 0 Å². The Morgan fingerprint density at radius 1 is 1.25 bits per heavy atom. The van der Waals surface area contributed by atoms with E-state index in [2.05, 4.69) is 22.4 Å². The second-order valence-electron chi connectivity index (χ2n) is 5.13. The van der Waals surface area contributed by atoms with Crippen LogP contribution in [0.1, 0.15) is 23.7 Å². The SMILES string of the molecule is CCCSc1nnc2ccc(NC(=O)c3ccccc3OC)cn12. The predicted octanol–water partition coefficient (Wildman–Crippen LogP) is 3.49. The Bertz CT molecular complexity index is 863. The van der Waals surface area contributed by atoms with Gasteiger partial charge in [-0.3, -0.25) is 9.20 Å². The number of nitrogens with zero attached hydrogens (tertiary/aromatic N) is 3. The number of fused-ring (bicyclic) bond motifs is 1. The summed E-state index contributed by atoms with van der Waals surface area (Å²) in [5, 5.41) is 12.0. The highest BCUT2D eigenvalue weighted by Gasteiger charge is 2.13. The fourth-order valence-corrected chi connectivity index (χ4v) is 3.04. The number of thioether (sulfide) groups is 1. The number of carbonyl (C=O) groups is 1. The number of methoxy groups -OCH3 is 1. The molecule has 7 heteroatoms. The highest BCUT2D eigenvalue weighted by atomic mass is 32.2. The third-order valence-electron chi connectivity index (χ3n) is 3.42. The standard InChI is InChI=1S/C17H18N4O2S/c1-3-10-24-17-20-19-15-9-8-12(11-21(15)17)18-16(22)13-6-4-5-7-14(13)23-2/h4-9,11H,3,10H2,1-2H3,(H,18,22). The Labute approximate surface area is 144 Å². The smallest absolute Gasteiger partial charge is 0.259 e. The van der Waals surface area contributed by atoms with Gasteiger partial charge in [0.05, 0.1) is 18.4 Å². The Morgan fingerprint density at radius 3 is 2.88 bits per heavy atom. The van der Waals surface area contributed by atoms with Gasteiger partial charge in [0.1, 0.15) is 5.75 Å². The predicted molar refractivity (Wildman–Crippen MR) is 94.9 cm³/mol. The molecular formula is C17H18N4O2S. The quantitative estimate of drug-likeness (QED) is 0.695. The van der Waals surface area contributed by atoms with Gasteiger partial charge in [-0.1, -0.05) is 30.8 Å². The van der Waals surface area contributed by atoms with E-state index in [1.54, 1.807) is 37.1 Å². The largest absolute Gasteiger partial charge is 0.496 e. The van der Waals surface area contributed by atoms with Crippen molar-refractivity contribution >= 4 is 29.0 Å². The van der Waals surface area contributed by atoms with Gasteiger partial charge in [-0.25, -0.2) is 0 Å². The number of aromatic nitrogens is 3. The molecule has 6 nitrogen and oxygen atoms in total. The van der Waals surface area contributed by atoms with Crippen molar-refractivity contribution in [2.24, 2.45) is 0 Å². The van der Waals surface area contributed by atoms with E-state index in [4.69, 9.17) is 4.74 Å². The Kier molecular flexibility index (Phi) is 5.00. The molecule has 0 atom stereocenters. The topological polar surface area (TPSA) is 68.5 Å². The molecule has 0 spiro atoms. The molecule has 3 aromatic rings. The summed E-state index contributed by atoms with van der Waals surface area (Å²) in [4.78, 5) is 12.5. The third-order valence-corrected chi connectivity index (χ3v) is 4.56. The number of carbonyl (C=O) groups excluding carboxylic acids is 1. The Balaban J connectivity index is 1.85. The second kappa shape index (κ2) is 7.35. The van der Waals surface area contributed by atoms with Crippen molar-refractivity contribution in [1.82, 2.24) is 14.6 Å². The zero-order chi connectivity index (χ0) is 16.9. The first kappa shape index (κ1) is 16.3. The summed E-state index contributed by atoms with van der Waals surface area (Å²) in [7, 11) is 1.55. The van der Waals surface area contributed by atoms with Gasteiger partial charge in [-0.15, -0.1) is 10.2 Å². The summed E-state index contributed by atoms with van der Waals surface area (Å²) in [6.45, 7) is 2.12. The van der Waals surface area contributed by atoms with Crippen LogP contribution in [0.2, 0.25) is 0 Å². The van der Waals surface area contributed by atoms with E-state index in [9.17, 15) is 4.79 Å². The molecular weight excluding hydrogens is 324 g/mol. The lowest BCUT2D eigenvalue weighted by Gasteiger charge is -2.09. The van der Waals surface area contributed by atoms with E-state index in [0.29, 0.717) is 17.0 Å². The van der Waals surface area contributed by atoms with Crippen LogP contribution >= 0.6 is 11.8 Å². The molecule has 1 aromatic carbocycles.